The number of halogens is 3. The summed E-state index contributed by atoms with van der Waals surface area (Å²) in [7, 11) is 1.78. The Morgan fingerprint density at radius 3 is 2.54 bits per heavy atom. The normalized spacial score (nSPS) is 11.0. The third kappa shape index (κ3) is 7.14. The molecule has 0 aliphatic rings. The predicted octanol–water partition coefficient (Wildman–Crippen LogP) is 3.22. The molecule has 0 heterocycles. The monoisotopic (exact) mass is 366 g/mol. The van der Waals surface area contributed by atoms with Gasteiger partial charge in [-0.2, -0.15) is 8.78 Å². The van der Waals surface area contributed by atoms with E-state index in [2.05, 4.69) is 10.1 Å². The summed E-state index contributed by atoms with van der Waals surface area (Å²) in [6.45, 7) is -1.75. The Balaban J connectivity index is 1.69. The lowest BCUT2D eigenvalue weighted by Crippen LogP contribution is -2.35. The molecular weight excluding hydrogens is 345 g/mol. The van der Waals surface area contributed by atoms with Crippen molar-refractivity contribution < 1.29 is 22.7 Å². The Morgan fingerprint density at radius 1 is 1.15 bits per heavy atom. The summed E-state index contributed by atoms with van der Waals surface area (Å²) in [5.41, 5.74) is 1.70. The number of amides is 1. The maximum absolute atomic E-state index is 13.2. The fraction of sp³-hybridized carbons (Fsp3) is 0.316. The van der Waals surface area contributed by atoms with Crippen molar-refractivity contribution in [1.82, 2.24) is 10.2 Å². The van der Waals surface area contributed by atoms with Gasteiger partial charge in [0.15, 0.2) is 0 Å². The van der Waals surface area contributed by atoms with E-state index in [1.165, 1.54) is 24.3 Å². The summed E-state index contributed by atoms with van der Waals surface area (Å²) >= 11 is 0. The molecule has 0 atom stereocenters. The van der Waals surface area contributed by atoms with Gasteiger partial charge in [0.25, 0.3) is 0 Å². The van der Waals surface area contributed by atoms with E-state index in [1.54, 1.807) is 36.2 Å². The summed E-state index contributed by atoms with van der Waals surface area (Å²) in [5.74, 6) is -0.335. The molecule has 0 fully saturated rings. The number of ether oxygens (including phenoxy) is 1. The molecule has 2 rings (SSSR count). The van der Waals surface area contributed by atoms with Gasteiger partial charge in [0.2, 0.25) is 5.91 Å². The molecule has 7 heteroatoms. The molecule has 140 valence electrons. The van der Waals surface area contributed by atoms with Gasteiger partial charge in [-0.3, -0.25) is 9.69 Å². The minimum Gasteiger partial charge on any atom is -0.435 e. The molecule has 0 bridgehead atoms. The van der Waals surface area contributed by atoms with Crippen LogP contribution in [0, 0.1) is 5.82 Å². The minimum atomic E-state index is -2.84. The SMILES string of the molecule is CN(CC(=O)NCCc1ccc(OC(F)F)cc1)Cc1cccc(F)c1. The number of hydrogen-bond donors (Lipinski definition) is 1. The van der Waals surface area contributed by atoms with E-state index in [0.717, 1.165) is 11.1 Å². The Bertz CT molecular complexity index is 708. The van der Waals surface area contributed by atoms with Crippen molar-refractivity contribution in [1.29, 1.82) is 0 Å². The van der Waals surface area contributed by atoms with Crippen molar-refractivity contribution in [2.45, 2.75) is 19.6 Å². The molecule has 2 aromatic rings. The van der Waals surface area contributed by atoms with E-state index < -0.39 is 6.61 Å². The van der Waals surface area contributed by atoms with Gasteiger partial charge in [0.05, 0.1) is 6.54 Å². The van der Waals surface area contributed by atoms with E-state index in [9.17, 15) is 18.0 Å². The number of carbonyl (C=O) groups excluding carboxylic acids is 1. The Kier molecular flexibility index (Phi) is 7.47. The van der Waals surface area contributed by atoms with Crippen LogP contribution in [0.25, 0.3) is 0 Å². The number of carbonyl (C=O) groups is 1. The molecule has 0 aliphatic carbocycles. The number of nitrogens with zero attached hydrogens (tertiary/aromatic N) is 1. The lowest BCUT2D eigenvalue weighted by Gasteiger charge is -2.16. The molecule has 0 spiro atoms. The number of nitrogens with one attached hydrogen (secondary N) is 1. The summed E-state index contributed by atoms with van der Waals surface area (Å²) in [6.07, 6.45) is 0.578. The average molecular weight is 366 g/mol. The first kappa shape index (κ1) is 19.8. The van der Waals surface area contributed by atoms with E-state index in [-0.39, 0.29) is 24.0 Å². The van der Waals surface area contributed by atoms with Crippen molar-refractivity contribution in [3.05, 3.63) is 65.5 Å². The number of alkyl halides is 2. The van der Waals surface area contributed by atoms with Crippen molar-refractivity contribution in [2.24, 2.45) is 0 Å². The molecule has 0 saturated carbocycles. The zero-order chi connectivity index (χ0) is 18.9. The van der Waals surface area contributed by atoms with Crippen LogP contribution in [0.5, 0.6) is 5.75 Å². The number of likely N-dealkylation sites (N-methyl/N-ethyl adjacent to an activating group) is 1. The highest BCUT2D eigenvalue weighted by molar-refractivity contribution is 5.77. The first-order chi connectivity index (χ1) is 12.4. The van der Waals surface area contributed by atoms with Crippen molar-refractivity contribution >= 4 is 5.91 Å². The Labute approximate surface area is 150 Å². The predicted molar refractivity (Wildman–Crippen MR) is 92.5 cm³/mol. The average Bonchev–Trinajstić information content (AvgIpc) is 2.56. The molecule has 0 radical (unpaired) electrons. The zero-order valence-corrected chi connectivity index (χ0v) is 14.4. The number of rotatable bonds is 9. The summed E-state index contributed by atoms with van der Waals surface area (Å²) in [6, 6.07) is 12.6. The summed E-state index contributed by atoms with van der Waals surface area (Å²) in [5, 5.41) is 2.80. The number of benzene rings is 2. The first-order valence-electron chi connectivity index (χ1n) is 8.16. The molecule has 0 aliphatic heterocycles. The highest BCUT2D eigenvalue weighted by Gasteiger charge is 2.08. The topological polar surface area (TPSA) is 41.6 Å². The summed E-state index contributed by atoms with van der Waals surface area (Å²) in [4.78, 5) is 13.7. The van der Waals surface area contributed by atoms with E-state index in [1.807, 2.05) is 0 Å². The molecular formula is C19H21F3N2O2. The van der Waals surface area contributed by atoms with Crippen LogP contribution in [0.1, 0.15) is 11.1 Å². The highest BCUT2D eigenvalue weighted by atomic mass is 19.3. The molecule has 1 amide bonds. The van der Waals surface area contributed by atoms with Gasteiger partial charge in [-0.25, -0.2) is 4.39 Å². The third-order valence-corrected chi connectivity index (χ3v) is 3.64. The van der Waals surface area contributed by atoms with Crippen LogP contribution in [0.3, 0.4) is 0 Å². The third-order valence-electron chi connectivity index (χ3n) is 3.64. The maximum atomic E-state index is 13.2. The van der Waals surface area contributed by atoms with Crippen LogP contribution in [0.4, 0.5) is 13.2 Å². The second kappa shape index (κ2) is 9.82. The van der Waals surface area contributed by atoms with Gasteiger partial charge >= 0.3 is 6.61 Å². The fourth-order valence-corrected chi connectivity index (χ4v) is 2.49. The Hall–Kier alpha value is -2.54. The van der Waals surface area contributed by atoms with Crippen LogP contribution in [0.15, 0.2) is 48.5 Å². The fourth-order valence-electron chi connectivity index (χ4n) is 2.49. The van der Waals surface area contributed by atoms with Crippen LogP contribution >= 0.6 is 0 Å². The van der Waals surface area contributed by atoms with Crippen LogP contribution in [-0.2, 0) is 17.8 Å². The summed E-state index contributed by atoms with van der Waals surface area (Å²) < 4.78 is 41.6. The second-order valence-electron chi connectivity index (χ2n) is 5.92. The maximum Gasteiger partial charge on any atom is 0.387 e. The smallest absolute Gasteiger partial charge is 0.387 e. The number of hydrogen-bond acceptors (Lipinski definition) is 3. The lowest BCUT2D eigenvalue weighted by atomic mass is 10.1. The highest BCUT2D eigenvalue weighted by Crippen LogP contribution is 2.15. The van der Waals surface area contributed by atoms with Crippen LogP contribution in [0.2, 0.25) is 0 Å². The van der Waals surface area contributed by atoms with Crippen molar-refractivity contribution in [2.75, 3.05) is 20.1 Å². The van der Waals surface area contributed by atoms with Gasteiger partial charge in [-0.15, -0.1) is 0 Å². The second-order valence-corrected chi connectivity index (χ2v) is 5.92. The Morgan fingerprint density at radius 2 is 1.88 bits per heavy atom. The van der Waals surface area contributed by atoms with Crippen molar-refractivity contribution in [3.8, 4) is 5.75 Å². The molecule has 26 heavy (non-hydrogen) atoms. The lowest BCUT2D eigenvalue weighted by molar-refractivity contribution is -0.122. The van der Waals surface area contributed by atoms with Gasteiger partial charge in [-0.05, 0) is 48.9 Å². The quantitative estimate of drug-likeness (QED) is 0.741. The zero-order valence-electron chi connectivity index (χ0n) is 14.4. The van der Waals surface area contributed by atoms with Gasteiger partial charge in [0.1, 0.15) is 11.6 Å². The standard InChI is InChI=1S/C19H21F3N2O2/c1-24(12-15-3-2-4-16(20)11-15)13-18(25)23-10-9-14-5-7-17(8-6-14)26-19(21)22/h2-8,11,19H,9-10,12-13H2,1H3,(H,23,25). The van der Waals surface area contributed by atoms with Gasteiger partial charge in [-0.1, -0.05) is 24.3 Å². The largest absolute Gasteiger partial charge is 0.435 e. The molecule has 0 aromatic heterocycles. The van der Waals surface area contributed by atoms with E-state index in [0.29, 0.717) is 19.5 Å². The van der Waals surface area contributed by atoms with E-state index in [4.69, 9.17) is 0 Å². The minimum absolute atomic E-state index is 0.103. The van der Waals surface area contributed by atoms with Crippen LogP contribution in [-0.4, -0.2) is 37.6 Å². The molecule has 0 unspecified atom stereocenters. The van der Waals surface area contributed by atoms with E-state index >= 15 is 0 Å². The van der Waals surface area contributed by atoms with Crippen LogP contribution < -0.4 is 10.1 Å². The molecule has 4 nitrogen and oxygen atoms in total. The van der Waals surface area contributed by atoms with Crippen molar-refractivity contribution in [3.63, 3.8) is 0 Å². The molecule has 0 saturated heterocycles. The molecule has 2 aromatic carbocycles. The molecule has 1 N–H and O–H groups in total. The first-order valence-corrected chi connectivity index (χ1v) is 8.16. The van der Waals surface area contributed by atoms with Gasteiger partial charge < -0.3 is 10.1 Å². The van der Waals surface area contributed by atoms with Gasteiger partial charge in [0, 0.05) is 13.1 Å².